The van der Waals surface area contributed by atoms with Gasteiger partial charge in [0, 0.05) is 18.3 Å². The molecule has 0 aromatic carbocycles. The monoisotopic (exact) mass is 290 g/mol. The first-order valence-corrected chi connectivity index (χ1v) is 7.23. The zero-order valence-corrected chi connectivity index (χ0v) is 12.6. The molecule has 0 radical (unpaired) electrons. The number of hydrogen-bond donors (Lipinski definition) is 1. The third-order valence-corrected chi connectivity index (χ3v) is 3.43. The zero-order valence-electron chi connectivity index (χ0n) is 12.6. The standard InChI is InChI=1S/C16H22N2O3/c1-3-4-7-17(2)10-13-9-15(19)16(20)12-18(13)11-14-6-5-8-21-14/h5-6,8-9,12,20H,3-4,7,10-11H2,1-2H3. The van der Waals surface area contributed by atoms with E-state index < -0.39 is 0 Å². The number of nitrogens with zero attached hydrogens (tertiary/aromatic N) is 2. The number of unbranched alkanes of at least 4 members (excludes halogenated alkanes) is 1. The molecule has 0 fully saturated rings. The highest BCUT2D eigenvalue weighted by Gasteiger charge is 2.10. The van der Waals surface area contributed by atoms with Crippen LogP contribution in [0.1, 0.15) is 31.2 Å². The second-order valence-corrected chi connectivity index (χ2v) is 5.31. The van der Waals surface area contributed by atoms with Gasteiger partial charge in [-0.25, -0.2) is 0 Å². The fourth-order valence-electron chi connectivity index (χ4n) is 2.24. The average molecular weight is 290 g/mol. The minimum absolute atomic E-state index is 0.235. The summed E-state index contributed by atoms with van der Waals surface area (Å²) in [4.78, 5) is 13.9. The van der Waals surface area contributed by atoms with Crippen molar-refractivity contribution in [2.24, 2.45) is 0 Å². The number of rotatable bonds is 7. The van der Waals surface area contributed by atoms with E-state index in [-0.39, 0.29) is 11.2 Å². The predicted molar refractivity (Wildman–Crippen MR) is 81.4 cm³/mol. The molecule has 5 heteroatoms. The number of aromatic nitrogens is 1. The van der Waals surface area contributed by atoms with Crippen LogP contribution in [0.2, 0.25) is 0 Å². The quantitative estimate of drug-likeness (QED) is 0.851. The molecular formula is C16H22N2O3. The van der Waals surface area contributed by atoms with E-state index in [1.807, 2.05) is 23.7 Å². The highest BCUT2D eigenvalue weighted by atomic mass is 16.3. The van der Waals surface area contributed by atoms with Crippen LogP contribution < -0.4 is 5.43 Å². The van der Waals surface area contributed by atoms with Crippen molar-refractivity contribution in [2.45, 2.75) is 32.9 Å². The van der Waals surface area contributed by atoms with Gasteiger partial charge in [-0.05, 0) is 32.1 Å². The molecule has 0 atom stereocenters. The SMILES string of the molecule is CCCCN(C)Cc1cc(=O)c(O)cn1Cc1ccco1. The summed E-state index contributed by atoms with van der Waals surface area (Å²) in [5, 5.41) is 9.65. The zero-order chi connectivity index (χ0) is 15.2. The van der Waals surface area contributed by atoms with Crippen molar-refractivity contribution in [1.82, 2.24) is 9.47 Å². The Morgan fingerprint density at radius 3 is 2.90 bits per heavy atom. The van der Waals surface area contributed by atoms with Crippen LogP contribution in [0, 0.1) is 0 Å². The van der Waals surface area contributed by atoms with E-state index in [0.29, 0.717) is 13.1 Å². The fraction of sp³-hybridized carbons (Fsp3) is 0.438. The average Bonchev–Trinajstić information content (AvgIpc) is 2.95. The van der Waals surface area contributed by atoms with Crippen LogP contribution in [-0.2, 0) is 13.1 Å². The van der Waals surface area contributed by atoms with Crippen molar-refractivity contribution >= 4 is 0 Å². The molecule has 2 heterocycles. The summed E-state index contributed by atoms with van der Waals surface area (Å²) in [6.45, 7) is 4.29. The molecule has 0 aliphatic rings. The lowest BCUT2D eigenvalue weighted by Crippen LogP contribution is -2.23. The van der Waals surface area contributed by atoms with Crippen molar-refractivity contribution in [3.05, 3.63) is 52.3 Å². The van der Waals surface area contributed by atoms with Gasteiger partial charge < -0.3 is 19.0 Å². The molecule has 2 aromatic rings. The molecule has 0 saturated heterocycles. The van der Waals surface area contributed by atoms with Gasteiger partial charge in [0.2, 0.25) is 5.43 Å². The first-order valence-electron chi connectivity index (χ1n) is 7.23. The summed E-state index contributed by atoms with van der Waals surface area (Å²) in [6.07, 6.45) is 5.36. The maximum Gasteiger partial charge on any atom is 0.223 e. The maximum atomic E-state index is 11.7. The Morgan fingerprint density at radius 2 is 2.24 bits per heavy atom. The summed E-state index contributed by atoms with van der Waals surface area (Å²) >= 11 is 0. The molecule has 1 N–H and O–H groups in total. The van der Waals surface area contributed by atoms with Gasteiger partial charge in [-0.2, -0.15) is 0 Å². The van der Waals surface area contributed by atoms with Crippen LogP contribution in [0.15, 0.2) is 39.9 Å². The molecule has 0 aliphatic heterocycles. The van der Waals surface area contributed by atoms with E-state index in [9.17, 15) is 9.90 Å². The molecule has 0 bridgehead atoms. The Bertz CT molecular complexity index is 617. The third kappa shape index (κ3) is 4.23. The molecule has 0 saturated carbocycles. The van der Waals surface area contributed by atoms with Gasteiger partial charge in [0.25, 0.3) is 0 Å². The summed E-state index contributed by atoms with van der Waals surface area (Å²) in [6, 6.07) is 5.20. The smallest absolute Gasteiger partial charge is 0.223 e. The van der Waals surface area contributed by atoms with E-state index in [1.165, 1.54) is 12.3 Å². The molecule has 2 aromatic heterocycles. The predicted octanol–water partition coefficient (Wildman–Crippen LogP) is 2.43. The van der Waals surface area contributed by atoms with Gasteiger partial charge in [0.05, 0.1) is 19.0 Å². The Hall–Kier alpha value is -2.01. The summed E-state index contributed by atoms with van der Waals surface area (Å²) in [5.41, 5.74) is 0.525. The number of hydrogen-bond acceptors (Lipinski definition) is 4. The van der Waals surface area contributed by atoms with Crippen molar-refractivity contribution < 1.29 is 9.52 Å². The summed E-state index contributed by atoms with van der Waals surface area (Å²) < 4.78 is 7.20. The van der Waals surface area contributed by atoms with Crippen molar-refractivity contribution in [3.63, 3.8) is 0 Å². The lowest BCUT2D eigenvalue weighted by molar-refractivity contribution is 0.309. The largest absolute Gasteiger partial charge is 0.503 e. The summed E-state index contributed by atoms with van der Waals surface area (Å²) in [5.74, 6) is 0.553. The van der Waals surface area contributed by atoms with Crippen LogP contribution >= 0.6 is 0 Å². The van der Waals surface area contributed by atoms with E-state index in [1.54, 1.807) is 6.26 Å². The van der Waals surface area contributed by atoms with Gasteiger partial charge in [-0.3, -0.25) is 4.79 Å². The van der Waals surface area contributed by atoms with Crippen LogP contribution in [0.25, 0.3) is 0 Å². The minimum atomic E-state index is -0.343. The fourth-order valence-corrected chi connectivity index (χ4v) is 2.24. The van der Waals surface area contributed by atoms with Crippen LogP contribution in [0.5, 0.6) is 5.75 Å². The lowest BCUT2D eigenvalue weighted by Gasteiger charge is -2.19. The number of aromatic hydroxyl groups is 1. The van der Waals surface area contributed by atoms with Crippen molar-refractivity contribution in [1.29, 1.82) is 0 Å². The molecule has 0 unspecified atom stereocenters. The molecule has 114 valence electrons. The van der Waals surface area contributed by atoms with Crippen molar-refractivity contribution in [3.8, 4) is 5.75 Å². The Kier molecular flexibility index (Phi) is 5.22. The Morgan fingerprint density at radius 1 is 1.43 bits per heavy atom. The lowest BCUT2D eigenvalue weighted by atomic mass is 10.2. The van der Waals surface area contributed by atoms with Gasteiger partial charge >= 0.3 is 0 Å². The number of furan rings is 1. The molecular weight excluding hydrogens is 268 g/mol. The maximum absolute atomic E-state index is 11.7. The van der Waals surface area contributed by atoms with Crippen LogP contribution in [0.3, 0.4) is 0 Å². The van der Waals surface area contributed by atoms with Gasteiger partial charge in [-0.1, -0.05) is 13.3 Å². The number of pyridine rings is 1. The molecule has 21 heavy (non-hydrogen) atoms. The minimum Gasteiger partial charge on any atom is -0.503 e. The molecule has 0 amide bonds. The topological polar surface area (TPSA) is 58.6 Å². The van der Waals surface area contributed by atoms with Crippen molar-refractivity contribution in [2.75, 3.05) is 13.6 Å². The Balaban J connectivity index is 2.21. The van der Waals surface area contributed by atoms with Gasteiger partial charge in [-0.15, -0.1) is 0 Å². The highest BCUT2D eigenvalue weighted by Crippen LogP contribution is 2.12. The Labute approximate surface area is 124 Å². The second kappa shape index (κ2) is 7.13. The highest BCUT2D eigenvalue weighted by molar-refractivity contribution is 5.21. The first kappa shape index (κ1) is 15.4. The van der Waals surface area contributed by atoms with Gasteiger partial charge in [0.15, 0.2) is 5.75 Å². The third-order valence-electron chi connectivity index (χ3n) is 3.43. The van der Waals surface area contributed by atoms with Crippen LogP contribution in [0.4, 0.5) is 0 Å². The first-order chi connectivity index (χ1) is 10.1. The van der Waals surface area contributed by atoms with E-state index in [0.717, 1.165) is 30.8 Å². The van der Waals surface area contributed by atoms with Gasteiger partial charge in [0.1, 0.15) is 5.76 Å². The van der Waals surface area contributed by atoms with E-state index in [4.69, 9.17) is 4.42 Å². The van der Waals surface area contributed by atoms with E-state index >= 15 is 0 Å². The van der Waals surface area contributed by atoms with E-state index in [2.05, 4.69) is 11.8 Å². The molecule has 0 aliphatic carbocycles. The van der Waals surface area contributed by atoms with Crippen LogP contribution in [-0.4, -0.2) is 28.2 Å². The summed E-state index contributed by atoms with van der Waals surface area (Å²) in [7, 11) is 2.03. The molecule has 2 rings (SSSR count). The normalized spacial score (nSPS) is 11.2. The molecule has 0 spiro atoms. The molecule has 5 nitrogen and oxygen atoms in total. The second-order valence-electron chi connectivity index (χ2n) is 5.31.